The van der Waals surface area contributed by atoms with Gasteiger partial charge in [-0.3, -0.25) is 4.79 Å². The molecule has 0 aromatic rings. The van der Waals surface area contributed by atoms with E-state index in [9.17, 15) is 4.79 Å². The Morgan fingerprint density at radius 1 is 1.50 bits per heavy atom. The second-order valence-corrected chi connectivity index (χ2v) is 3.51. The third-order valence-electron chi connectivity index (χ3n) is 1.50. The molecule has 0 saturated heterocycles. The third kappa shape index (κ3) is 4.34. The van der Waals surface area contributed by atoms with E-state index in [0.29, 0.717) is 6.61 Å². The topological polar surface area (TPSA) is 52.3 Å². The van der Waals surface area contributed by atoms with Crippen molar-refractivity contribution < 1.29 is 9.53 Å². The van der Waals surface area contributed by atoms with Crippen LogP contribution in [0.15, 0.2) is 0 Å². The van der Waals surface area contributed by atoms with Crippen LogP contribution in [0.1, 0.15) is 20.8 Å². The van der Waals surface area contributed by atoms with Gasteiger partial charge in [-0.15, -0.1) is 0 Å². The van der Waals surface area contributed by atoms with Crippen LogP contribution < -0.4 is 5.73 Å². The second-order valence-electron chi connectivity index (χ2n) is 3.51. The van der Waals surface area contributed by atoms with Crippen molar-refractivity contribution in [3.05, 3.63) is 6.92 Å². The van der Waals surface area contributed by atoms with Crippen molar-refractivity contribution in [2.75, 3.05) is 6.61 Å². The number of esters is 1. The van der Waals surface area contributed by atoms with Crippen molar-refractivity contribution in [1.29, 1.82) is 0 Å². The second kappa shape index (κ2) is 5.14. The molecule has 0 spiro atoms. The van der Waals surface area contributed by atoms with E-state index in [-0.39, 0.29) is 17.8 Å². The first-order valence-corrected chi connectivity index (χ1v) is 4.20. The van der Waals surface area contributed by atoms with Gasteiger partial charge in [-0.2, -0.15) is 0 Å². The van der Waals surface area contributed by atoms with E-state index >= 15 is 0 Å². The minimum Gasteiger partial charge on any atom is -0.464 e. The van der Waals surface area contributed by atoms with Gasteiger partial charge in [0.15, 0.2) is 0 Å². The molecule has 12 heavy (non-hydrogen) atoms. The predicted molar refractivity (Wildman–Crippen MR) is 48.3 cm³/mol. The first-order chi connectivity index (χ1) is 5.45. The van der Waals surface area contributed by atoms with Gasteiger partial charge in [0.2, 0.25) is 0 Å². The summed E-state index contributed by atoms with van der Waals surface area (Å²) >= 11 is 0. The summed E-state index contributed by atoms with van der Waals surface area (Å²) in [5.74, 6) is -0.0913. The largest absolute Gasteiger partial charge is 0.464 e. The van der Waals surface area contributed by atoms with Gasteiger partial charge >= 0.3 is 5.97 Å². The molecule has 0 aliphatic rings. The lowest BCUT2D eigenvalue weighted by molar-refractivity contribution is -0.147. The standard InChI is InChI=1S/C9H18NO2/c1-6(2)5-12-9(11)8(10)7(3)4/h6-8H,1,5,10H2,2-4H3/t6?,8-/m0/s1. The van der Waals surface area contributed by atoms with E-state index < -0.39 is 6.04 Å². The summed E-state index contributed by atoms with van der Waals surface area (Å²) in [7, 11) is 0. The Morgan fingerprint density at radius 2 is 2.00 bits per heavy atom. The highest BCUT2D eigenvalue weighted by molar-refractivity contribution is 5.75. The monoisotopic (exact) mass is 172 g/mol. The number of hydrogen-bond acceptors (Lipinski definition) is 3. The molecular weight excluding hydrogens is 154 g/mol. The van der Waals surface area contributed by atoms with E-state index in [2.05, 4.69) is 6.92 Å². The highest BCUT2D eigenvalue weighted by Crippen LogP contribution is 2.01. The van der Waals surface area contributed by atoms with Gasteiger partial charge in [0.05, 0.1) is 6.61 Å². The Kier molecular flexibility index (Phi) is 4.90. The quantitative estimate of drug-likeness (QED) is 0.643. The van der Waals surface area contributed by atoms with Gasteiger partial charge in [-0.1, -0.05) is 20.8 Å². The molecule has 1 radical (unpaired) electrons. The zero-order valence-corrected chi connectivity index (χ0v) is 8.04. The number of nitrogens with two attached hydrogens (primary N) is 1. The van der Waals surface area contributed by atoms with E-state index in [4.69, 9.17) is 10.5 Å². The van der Waals surface area contributed by atoms with Crippen LogP contribution in [-0.2, 0) is 9.53 Å². The van der Waals surface area contributed by atoms with Crippen molar-refractivity contribution in [2.45, 2.75) is 26.8 Å². The molecule has 0 amide bonds. The normalized spacial score (nSPS) is 13.6. The lowest BCUT2D eigenvalue weighted by Crippen LogP contribution is -2.37. The number of carbonyl (C=O) groups excluding carboxylic acids is 1. The van der Waals surface area contributed by atoms with E-state index in [0.717, 1.165) is 0 Å². The van der Waals surface area contributed by atoms with Gasteiger partial charge in [0.25, 0.3) is 0 Å². The Hall–Kier alpha value is -0.570. The molecule has 0 saturated carbocycles. The fourth-order valence-electron chi connectivity index (χ4n) is 0.593. The van der Waals surface area contributed by atoms with Crippen LogP contribution in [-0.4, -0.2) is 18.6 Å². The first-order valence-electron chi connectivity index (χ1n) is 4.20. The van der Waals surface area contributed by atoms with Crippen molar-refractivity contribution in [1.82, 2.24) is 0 Å². The minimum atomic E-state index is -0.510. The summed E-state index contributed by atoms with van der Waals surface area (Å²) in [6.07, 6.45) is 0. The van der Waals surface area contributed by atoms with Crippen molar-refractivity contribution in [2.24, 2.45) is 17.6 Å². The zero-order valence-electron chi connectivity index (χ0n) is 8.04. The zero-order chi connectivity index (χ0) is 9.72. The molecular formula is C9H18NO2. The van der Waals surface area contributed by atoms with Crippen molar-refractivity contribution in [3.63, 3.8) is 0 Å². The average Bonchev–Trinajstić information content (AvgIpc) is 1.98. The van der Waals surface area contributed by atoms with Gasteiger partial charge < -0.3 is 10.5 Å². The van der Waals surface area contributed by atoms with Crippen LogP contribution in [0.5, 0.6) is 0 Å². The predicted octanol–water partition coefficient (Wildman–Crippen LogP) is 0.983. The first kappa shape index (κ1) is 11.4. The molecule has 0 rings (SSSR count). The van der Waals surface area contributed by atoms with Crippen LogP contribution in [0.2, 0.25) is 0 Å². The molecule has 3 nitrogen and oxygen atoms in total. The summed E-state index contributed by atoms with van der Waals surface area (Å²) in [4.78, 5) is 11.1. The number of carbonyl (C=O) groups is 1. The maximum Gasteiger partial charge on any atom is 0.323 e. The third-order valence-corrected chi connectivity index (χ3v) is 1.50. The molecule has 0 heterocycles. The number of rotatable bonds is 4. The fourth-order valence-corrected chi connectivity index (χ4v) is 0.593. The molecule has 0 bridgehead atoms. The van der Waals surface area contributed by atoms with E-state index in [1.807, 2.05) is 20.8 Å². The molecule has 0 aromatic carbocycles. The molecule has 0 aliphatic heterocycles. The van der Waals surface area contributed by atoms with E-state index in [1.165, 1.54) is 0 Å². The van der Waals surface area contributed by atoms with Crippen LogP contribution in [0.4, 0.5) is 0 Å². The summed E-state index contributed by atoms with van der Waals surface area (Å²) in [6, 6.07) is -0.510. The Balaban J connectivity index is 3.72. The molecule has 0 aliphatic carbocycles. The van der Waals surface area contributed by atoms with E-state index in [1.54, 1.807) is 0 Å². The van der Waals surface area contributed by atoms with Crippen molar-refractivity contribution >= 4 is 5.97 Å². The van der Waals surface area contributed by atoms with Crippen LogP contribution >= 0.6 is 0 Å². The lowest BCUT2D eigenvalue weighted by Gasteiger charge is -2.15. The van der Waals surface area contributed by atoms with Crippen LogP contribution in [0.25, 0.3) is 0 Å². The molecule has 0 aromatic heterocycles. The van der Waals surface area contributed by atoms with Gasteiger partial charge in [0, 0.05) is 0 Å². The Morgan fingerprint density at radius 3 is 2.33 bits per heavy atom. The smallest absolute Gasteiger partial charge is 0.323 e. The van der Waals surface area contributed by atoms with Crippen LogP contribution in [0, 0.1) is 18.8 Å². The van der Waals surface area contributed by atoms with Gasteiger partial charge in [-0.05, 0) is 18.8 Å². The number of ether oxygens (including phenoxy) is 1. The number of hydrogen-bond donors (Lipinski definition) is 1. The van der Waals surface area contributed by atoms with Gasteiger partial charge in [0.1, 0.15) is 6.04 Å². The summed E-state index contributed by atoms with van der Waals surface area (Å²) in [5.41, 5.74) is 5.55. The molecule has 2 N–H and O–H groups in total. The van der Waals surface area contributed by atoms with Crippen LogP contribution in [0.3, 0.4) is 0 Å². The molecule has 71 valence electrons. The molecule has 1 unspecified atom stereocenters. The molecule has 3 heteroatoms. The maximum absolute atomic E-state index is 11.1. The highest BCUT2D eigenvalue weighted by Gasteiger charge is 2.18. The molecule has 2 atom stereocenters. The van der Waals surface area contributed by atoms with Crippen molar-refractivity contribution in [3.8, 4) is 0 Å². The summed E-state index contributed by atoms with van der Waals surface area (Å²) in [5, 5.41) is 0. The fraction of sp³-hybridized carbons (Fsp3) is 0.778. The Bertz CT molecular complexity index is 143. The van der Waals surface area contributed by atoms with Gasteiger partial charge in [-0.25, -0.2) is 0 Å². The SMILES string of the molecule is [CH2]C(C)COC(=O)[C@@H](N)C(C)C. The summed E-state index contributed by atoms with van der Waals surface area (Å²) < 4.78 is 4.90. The molecule has 0 fully saturated rings. The minimum absolute atomic E-state index is 0.119. The summed E-state index contributed by atoms with van der Waals surface area (Å²) in [6.45, 7) is 9.70. The Labute approximate surface area is 74.3 Å². The lowest BCUT2D eigenvalue weighted by atomic mass is 10.1. The maximum atomic E-state index is 11.1. The average molecular weight is 172 g/mol. The highest BCUT2D eigenvalue weighted by atomic mass is 16.5.